The number of ether oxygens (including phenoxy) is 1. The maximum absolute atomic E-state index is 5.28. The second-order valence-corrected chi connectivity index (χ2v) is 2.50. The Labute approximate surface area is 74.7 Å². The largest absolute Gasteiger partial charge is 0.494 e. The van der Waals surface area contributed by atoms with Crippen LogP contribution in [0, 0.1) is 0 Å². The van der Waals surface area contributed by atoms with E-state index in [1.54, 1.807) is 12.2 Å². The van der Waals surface area contributed by atoms with Gasteiger partial charge in [-0.05, 0) is 25.5 Å². The first-order chi connectivity index (χ1) is 5.70. The van der Waals surface area contributed by atoms with Gasteiger partial charge in [-0.25, -0.2) is 0 Å². The smallest absolute Gasteiger partial charge is 0.106 e. The number of allylic oxidation sites excluding steroid dienone is 5. The van der Waals surface area contributed by atoms with Crippen molar-refractivity contribution in [2.75, 3.05) is 6.61 Å². The van der Waals surface area contributed by atoms with Gasteiger partial charge in [-0.1, -0.05) is 31.4 Å². The molecule has 0 amide bonds. The summed E-state index contributed by atoms with van der Waals surface area (Å²) in [6, 6.07) is 0. The lowest BCUT2D eigenvalue weighted by molar-refractivity contribution is 0.250. The fourth-order valence-electron chi connectivity index (χ4n) is 0.787. The average Bonchev–Trinajstić information content (AvgIpc) is 2.01. The molecule has 0 radical (unpaired) electrons. The molecule has 0 heterocycles. The molecule has 0 bridgehead atoms. The quantitative estimate of drug-likeness (QED) is 0.344. The molecule has 0 aromatic heterocycles. The molecule has 0 spiro atoms. The van der Waals surface area contributed by atoms with Gasteiger partial charge in [0.2, 0.25) is 0 Å². The van der Waals surface area contributed by atoms with Gasteiger partial charge in [0, 0.05) is 0 Å². The SMILES string of the molecule is C=C/C=C(C)\C=C(/C)OCC=C. The van der Waals surface area contributed by atoms with E-state index in [0.717, 1.165) is 11.3 Å². The van der Waals surface area contributed by atoms with Crippen molar-refractivity contribution in [1.82, 2.24) is 0 Å². The Morgan fingerprint density at radius 3 is 2.50 bits per heavy atom. The van der Waals surface area contributed by atoms with Gasteiger partial charge < -0.3 is 4.74 Å². The van der Waals surface area contributed by atoms with E-state index in [2.05, 4.69) is 13.2 Å². The van der Waals surface area contributed by atoms with Crippen molar-refractivity contribution in [2.45, 2.75) is 13.8 Å². The fraction of sp³-hybridized carbons (Fsp3) is 0.273. The molecule has 0 saturated carbocycles. The highest BCUT2D eigenvalue weighted by Gasteiger charge is 1.87. The molecule has 0 rings (SSSR count). The van der Waals surface area contributed by atoms with Gasteiger partial charge in [0.1, 0.15) is 6.61 Å². The average molecular weight is 164 g/mol. The Morgan fingerprint density at radius 2 is 2.00 bits per heavy atom. The molecule has 66 valence electrons. The van der Waals surface area contributed by atoms with E-state index in [-0.39, 0.29) is 0 Å². The van der Waals surface area contributed by atoms with E-state index in [1.807, 2.05) is 26.0 Å². The van der Waals surface area contributed by atoms with Gasteiger partial charge in [-0.15, -0.1) is 0 Å². The van der Waals surface area contributed by atoms with Crippen LogP contribution in [0.25, 0.3) is 0 Å². The van der Waals surface area contributed by atoms with Crippen molar-refractivity contribution < 1.29 is 4.74 Å². The van der Waals surface area contributed by atoms with E-state index < -0.39 is 0 Å². The molecule has 0 saturated heterocycles. The van der Waals surface area contributed by atoms with Crippen molar-refractivity contribution in [3.05, 3.63) is 48.8 Å². The van der Waals surface area contributed by atoms with E-state index in [4.69, 9.17) is 4.74 Å². The lowest BCUT2D eigenvalue weighted by Crippen LogP contribution is -1.87. The van der Waals surface area contributed by atoms with Crippen LogP contribution in [-0.2, 0) is 4.74 Å². The zero-order valence-corrected chi connectivity index (χ0v) is 7.84. The normalized spacial score (nSPS) is 12.5. The summed E-state index contributed by atoms with van der Waals surface area (Å²) in [5, 5.41) is 0. The van der Waals surface area contributed by atoms with Crippen LogP contribution in [-0.4, -0.2) is 6.61 Å². The highest BCUT2D eigenvalue weighted by atomic mass is 16.5. The van der Waals surface area contributed by atoms with E-state index in [0.29, 0.717) is 6.61 Å². The van der Waals surface area contributed by atoms with Crippen LogP contribution in [0.3, 0.4) is 0 Å². The Hall–Kier alpha value is -1.24. The molecule has 0 aromatic rings. The summed E-state index contributed by atoms with van der Waals surface area (Å²) in [7, 11) is 0. The molecule has 0 fully saturated rings. The third kappa shape index (κ3) is 5.54. The van der Waals surface area contributed by atoms with Crippen molar-refractivity contribution >= 4 is 0 Å². The van der Waals surface area contributed by atoms with Crippen LogP contribution >= 0.6 is 0 Å². The molecule has 0 aliphatic rings. The Bertz CT molecular complexity index is 209. The van der Waals surface area contributed by atoms with E-state index in [9.17, 15) is 0 Å². The lowest BCUT2D eigenvalue weighted by Gasteiger charge is -2.01. The van der Waals surface area contributed by atoms with Gasteiger partial charge in [-0.2, -0.15) is 0 Å². The summed E-state index contributed by atoms with van der Waals surface area (Å²) in [4.78, 5) is 0. The molecule has 0 aliphatic carbocycles. The van der Waals surface area contributed by atoms with Crippen molar-refractivity contribution in [3.63, 3.8) is 0 Å². The summed E-state index contributed by atoms with van der Waals surface area (Å²) in [5.41, 5.74) is 1.13. The summed E-state index contributed by atoms with van der Waals surface area (Å²) in [6.07, 6.45) is 7.38. The minimum Gasteiger partial charge on any atom is -0.494 e. The second kappa shape index (κ2) is 6.47. The minimum atomic E-state index is 0.559. The van der Waals surface area contributed by atoms with E-state index >= 15 is 0 Å². The minimum absolute atomic E-state index is 0.559. The molecule has 0 aliphatic heterocycles. The second-order valence-electron chi connectivity index (χ2n) is 2.50. The van der Waals surface area contributed by atoms with Gasteiger partial charge in [0.25, 0.3) is 0 Å². The summed E-state index contributed by atoms with van der Waals surface area (Å²) in [6.45, 7) is 11.7. The predicted molar refractivity (Wildman–Crippen MR) is 53.9 cm³/mol. The van der Waals surface area contributed by atoms with Crippen LogP contribution in [0.1, 0.15) is 13.8 Å². The number of hydrogen-bond donors (Lipinski definition) is 0. The summed E-state index contributed by atoms with van der Waals surface area (Å²) in [5.74, 6) is 0.894. The van der Waals surface area contributed by atoms with Crippen LogP contribution in [0.15, 0.2) is 48.8 Å². The highest BCUT2D eigenvalue weighted by molar-refractivity contribution is 5.21. The third-order valence-electron chi connectivity index (χ3n) is 1.24. The molecular formula is C11H16O. The zero-order chi connectivity index (χ0) is 9.40. The molecule has 0 N–H and O–H groups in total. The lowest BCUT2D eigenvalue weighted by atomic mass is 10.2. The summed E-state index contributed by atoms with van der Waals surface area (Å²) >= 11 is 0. The molecule has 0 atom stereocenters. The number of rotatable bonds is 5. The van der Waals surface area contributed by atoms with Gasteiger partial charge in [-0.3, -0.25) is 0 Å². The zero-order valence-electron chi connectivity index (χ0n) is 7.84. The van der Waals surface area contributed by atoms with Gasteiger partial charge >= 0.3 is 0 Å². The van der Waals surface area contributed by atoms with Crippen LogP contribution in [0.2, 0.25) is 0 Å². The monoisotopic (exact) mass is 164 g/mol. The fourth-order valence-corrected chi connectivity index (χ4v) is 0.787. The number of hydrogen-bond acceptors (Lipinski definition) is 1. The third-order valence-corrected chi connectivity index (χ3v) is 1.24. The van der Waals surface area contributed by atoms with Crippen molar-refractivity contribution in [2.24, 2.45) is 0 Å². The first kappa shape index (κ1) is 10.8. The topological polar surface area (TPSA) is 9.23 Å². The predicted octanol–water partition coefficient (Wildman–Crippen LogP) is 3.23. The molecular weight excluding hydrogens is 148 g/mol. The Morgan fingerprint density at radius 1 is 1.33 bits per heavy atom. The highest BCUT2D eigenvalue weighted by Crippen LogP contribution is 2.02. The Balaban J connectivity index is 4.05. The van der Waals surface area contributed by atoms with Crippen LogP contribution < -0.4 is 0 Å². The molecule has 1 nitrogen and oxygen atoms in total. The van der Waals surface area contributed by atoms with Crippen LogP contribution in [0.5, 0.6) is 0 Å². The van der Waals surface area contributed by atoms with Crippen molar-refractivity contribution in [3.8, 4) is 0 Å². The standard InChI is InChI=1S/C11H16O/c1-5-7-10(3)9-11(4)12-8-6-2/h5-7,9H,1-2,8H2,3-4H3/b10-7-,11-9+. The van der Waals surface area contributed by atoms with E-state index in [1.165, 1.54) is 0 Å². The Kier molecular flexibility index (Phi) is 5.80. The molecule has 1 heteroatoms. The summed E-state index contributed by atoms with van der Waals surface area (Å²) < 4.78 is 5.28. The van der Waals surface area contributed by atoms with Gasteiger partial charge in [0.05, 0.1) is 5.76 Å². The first-order valence-electron chi connectivity index (χ1n) is 3.92. The van der Waals surface area contributed by atoms with Crippen molar-refractivity contribution in [1.29, 1.82) is 0 Å². The van der Waals surface area contributed by atoms with Crippen LogP contribution in [0.4, 0.5) is 0 Å². The molecule has 12 heavy (non-hydrogen) atoms. The molecule has 0 unspecified atom stereocenters. The maximum atomic E-state index is 5.28. The molecule has 0 aromatic carbocycles. The maximum Gasteiger partial charge on any atom is 0.106 e. The first-order valence-corrected chi connectivity index (χ1v) is 3.92. The van der Waals surface area contributed by atoms with Gasteiger partial charge in [0.15, 0.2) is 0 Å².